The van der Waals surface area contributed by atoms with Crippen molar-refractivity contribution < 1.29 is 14.3 Å². The Morgan fingerprint density at radius 3 is 2.42 bits per heavy atom. The summed E-state index contributed by atoms with van der Waals surface area (Å²) in [6, 6.07) is 13.5. The Morgan fingerprint density at radius 2 is 1.73 bits per heavy atom. The number of carbonyl (C=O) groups excluding carboxylic acids is 1. The summed E-state index contributed by atoms with van der Waals surface area (Å²) in [5, 5.41) is 0.852. The number of ketones is 1. The molecule has 1 aliphatic carbocycles. The second-order valence-electron chi connectivity index (χ2n) is 9.60. The van der Waals surface area contributed by atoms with Gasteiger partial charge in [-0.05, 0) is 75.3 Å². The third-order valence-corrected chi connectivity index (χ3v) is 6.26. The monoisotopic (exact) mass is 446 g/mol. The Balaban J connectivity index is 1.58. The molecular weight excluding hydrogens is 412 g/mol. The first-order valence-electron chi connectivity index (χ1n) is 11.9. The minimum absolute atomic E-state index is 0.0946. The average Bonchev–Trinajstić information content (AvgIpc) is 2.75. The minimum Gasteiger partial charge on any atom is -0.486 e. The van der Waals surface area contributed by atoms with Crippen molar-refractivity contribution >= 4 is 22.4 Å². The predicted octanol–water partition coefficient (Wildman–Crippen LogP) is 6.43. The van der Waals surface area contributed by atoms with E-state index in [1.54, 1.807) is 0 Å². The van der Waals surface area contributed by atoms with Crippen LogP contribution in [-0.4, -0.2) is 23.0 Å². The molecule has 0 spiro atoms. The van der Waals surface area contributed by atoms with Crippen LogP contribution in [0.4, 0.5) is 5.69 Å². The number of pyridine rings is 1. The highest BCUT2D eigenvalue weighted by Crippen LogP contribution is 2.35. The summed E-state index contributed by atoms with van der Waals surface area (Å²) in [7, 11) is 0. The lowest BCUT2D eigenvalue weighted by atomic mass is 9.94. The van der Waals surface area contributed by atoms with E-state index in [0.29, 0.717) is 23.6 Å². The van der Waals surface area contributed by atoms with Crippen LogP contribution in [0.5, 0.6) is 11.5 Å². The zero-order valence-corrected chi connectivity index (χ0v) is 20.1. The molecule has 1 saturated carbocycles. The van der Waals surface area contributed by atoms with Crippen molar-refractivity contribution in [2.24, 2.45) is 5.92 Å². The predicted molar refractivity (Wildman–Crippen MR) is 133 cm³/mol. The zero-order valence-electron chi connectivity index (χ0n) is 20.1. The molecule has 0 amide bonds. The zero-order chi connectivity index (χ0) is 23.5. The molecule has 0 saturated heterocycles. The Hall–Kier alpha value is -3.08. The van der Waals surface area contributed by atoms with E-state index >= 15 is 0 Å². The number of aryl methyl sites for hydroxylation is 2. The van der Waals surface area contributed by atoms with E-state index in [4.69, 9.17) is 15.2 Å². The van der Waals surface area contributed by atoms with Crippen LogP contribution in [0.25, 0.3) is 10.9 Å². The van der Waals surface area contributed by atoms with Crippen molar-refractivity contribution in [1.29, 1.82) is 0 Å². The molecule has 1 aromatic heterocycles. The van der Waals surface area contributed by atoms with E-state index in [1.807, 2.05) is 56.3 Å². The van der Waals surface area contributed by atoms with Crippen molar-refractivity contribution in [2.75, 3.05) is 5.73 Å². The highest BCUT2D eigenvalue weighted by Gasteiger charge is 2.30. The van der Waals surface area contributed by atoms with Gasteiger partial charge in [0.05, 0.1) is 10.9 Å². The van der Waals surface area contributed by atoms with Crippen LogP contribution in [0.3, 0.4) is 0 Å². The molecule has 2 aromatic carbocycles. The van der Waals surface area contributed by atoms with Gasteiger partial charge in [-0.3, -0.25) is 9.78 Å². The standard InChI is InChI=1S/C28H34N2O3/c1-17(2)14-23(31)20-13-12-18(3)27(16-20)33-25-10-6-5-9-24(25)32-26-11-7-8-22-28(26)21(29)15-19(4)30-22/h7-8,11-13,15-17,24-25H,5-6,9-10,14H2,1-4H3,(H2,29,30)/t24-,25-/m1/s1. The maximum absolute atomic E-state index is 12.6. The molecule has 1 heterocycles. The molecule has 5 nitrogen and oxygen atoms in total. The van der Waals surface area contributed by atoms with E-state index in [1.165, 1.54) is 0 Å². The highest BCUT2D eigenvalue weighted by molar-refractivity contribution is 5.97. The summed E-state index contributed by atoms with van der Waals surface area (Å²) < 4.78 is 13.0. The average molecular weight is 447 g/mol. The molecular formula is C28H34N2O3. The number of anilines is 1. The molecule has 3 aromatic rings. The van der Waals surface area contributed by atoms with Gasteiger partial charge in [0.25, 0.3) is 0 Å². The Labute approximate surface area is 196 Å². The molecule has 4 rings (SSSR count). The summed E-state index contributed by atoms with van der Waals surface area (Å²) in [6.45, 7) is 8.08. The molecule has 0 aliphatic heterocycles. The lowest BCUT2D eigenvalue weighted by Crippen LogP contribution is -2.39. The topological polar surface area (TPSA) is 74.4 Å². The van der Waals surface area contributed by atoms with Gasteiger partial charge in [-0.25, -0.2) is 0 Å². The summed E-state index contributed by atoms with van der Waals surface area (Å²) in [5.41, 5.74) is 10.5. The Morgan fingerprint density at radius 1 is 1.03 bits per heavy atom. The third kappa shape index (κ3) is 5.29. The molecule has 0 radical (unpaired) electrons. The van der Waals surface area contributed by atoms with Gasteiger partial charge in [-0.2, -0.15) is 0 Å². The van der Waals surface area contributed by atoms with Crippen LogP contribution in [-0.2, 0) is 0 Å². The van der Waals surface area contributed by atoms with Crippen molar-refractivity contribution in [3.8, 4) is 11.5 Å². The van der Waals surface area contributed by atoms with E-state index in [-0.39, 0.29) is 18.0 Å². The van der Waals surface area contributed by atoms with Gasteiger partial charge in [0.2, 0.25) is 0 Å². The molecule has 2 N–H and O–H groups in total. The number of rotatable bonds is 7. The first-order chi connectivity index (χ1) is 15.8. The van der Waals surface area contributed by atoms with Gasteiger partial charge in [0, 0.05) is 23.4 Å². The summed E-state index contributed by atoms with van der Waals surface area (Å²) in [4.78, 5) is 17.2. The lowest BCUT2D eigenvalue weighted by Gasteiger charge is -2.33. The molecule has 0 bridgehead atoms. The molecule has 174 valence electrons. The van der Waals surface area contributed by atoms with E-state index in [0.717, 1.165) is 59.3 Å². The van der Waals surface area contributed by atoms with Gasteiger partial charge in [-0.15, -0.1) is 0 Å². The Kier molecular flexibility index (Phi) is 6.87. The number of nitrogen functional groups attached to an aromatic ring is 1. The van der Waals surface area contributed by atoms with Gasteiger partial charge in [0.1, 0.15) is 23.7 Å². The second kappa shape index (κ2) is 9.82. The van der Waals surface area contributed by atoms with Gasteiger partial charge >= 0.3 is 0 Å². The van der Waals surface area contributed by atoms with E-state index in [9.17, 15) is 4.79 Å². The van der Waals surface area contributed by atoms with Crippen LogP contribution >= 0.6 is 0 Å². The van der Waals surface area contributed by atoms with E-state index < -0.39 is 0 Å². The SMILES string of the molecule is Cc1cc(N)c2c(O[C@@H]3CCCC[C@H]3Oc3cc(C(=O)CC(C)C)ccc3C)cccc2n1. The number of nitrogens with two attached hydrogens (primary N) is 1. The van der Waals surface area contributed by atoms with Gasteiger partial charge in [0.15, 0.2) is 5.78 Å². The molecule has 1 aliphatic rings. The number of nitrogens with zero attached hydrogens (tertiary/aromatic N) is 1. The largest absolute Gasteiger partial charge is 0.486 e. The molecule has 33 heavy (non-hydrogen) atoms. The first-order valence-corrected chi connectivity index (χ1v) is 11.9. The van der Waals surface area contributed by atoms with Crippen molar-refractivity contribution in [3.05, 3.63) is 59.3 Å². The molecule has 0 unspecified atom stereocenters. The molecule has 1 fully saturated rings. The number of carbonyl (C=O) groups is 1. The van der Waals surface area contributed by atoms with Crippen LogP contribution in [0.1, 0.15) is 67.6 Å². The highest BCUT2D eigenvalue weighted by atomic mass is 16.5. The number of fused-ring (bicyclic) bond motifs is 1. The minimum atomic E-state index is -0.0977. The normalized spacial score (nSPS) is 18.5. The van der Waals surface area contributed by atoms with Gasteiger partial charge < -0.3 is 15.2 Å². The quantitative estimate of drug-likeness (QED) is 0.423. The number of hydrogen-bond acceptors (Lipinski definition) is 5. The van der Waals surface area contributed by atoms with Crippen molar-refractivity contribution in [3.63, 3.8) is 0 Å². The smallest absolute Gasteiger partial charge is 0.163 e. The van der Waals surface area contributed by atoms with Crippen molar-refractivity contribution in [1.82, 2.24) is 4.98 Å². The summed E-state index contributed by atoms with van der Waals surface area (Å²) in [5.74, 6) is 1.99. The lowest BCUT2D eigenvalue weighted by molar-refractivity contribution is 0.0236. The molecule has 2 atom stereocenters. The van der Waals surface area contributed by atoms with Crippen LogP contribution < -0.4 is 15.2 Å². The van der Waals surface area contributed by atoms with E-state index in [2.05, 4.69) is 18.8 Å². The Bertz CT molecular complexity index is 1160. The fourth-order valence-electron chi connectivity index (χ4n) is 4.57. The second-order valence-corrected chi connectivity index (χ2v) is 9.60. The number of hydrogen-bond donors (Lipinski definition) is 1. The molecule has 5 heteroatoms. The maximum Gasteiger partial charge on any atom is 0.163 e. The third-order valence-electron chi connectivity index (χ3n) is 6.26. The number of Topliss-reactive ketones (excluding diaryl/α,β-unsaturated/α-hetero) is 1. The van der Waals surface area contributed by atoms with Crippen LogP contribution in [0.15, 0.2) is 42.5 Å². The summed E-state index contributed by atoms with van der Waals surface area (Å²) >= 11 is 0. The first kappa shape index (κ1) is 23.1. The number of ether oxygens (including phenoxy) is 2. The summed E-state index contributed by atoms with van der Waals surface area (Å²) in [6.07, 6.45) is 4.34. The fourth-order valence-corrected chi connectivity index (χ4v) is 4.57. The van der Waals surface area contributed by atoms with Gasteiger partial charge in [-0.1, -0.05) is 32.0 Å². The van der Waals surface area contributed by atoms with Crippen LogP contribution in [0, 0.1) is 19.8 Å². The number of aromatic nitrogens is 1. The fraction of sp³-hybridized carbons (Fsp3) is 0.429. The maximum atomic E-state index is 12.6. The van der Waals surface area contributed by atoms with Crippen LogP contribution in [0.2, 0.25) is 0 Å². The number of benzene rings is 2. The van der Waals surface area contributed by atoms with Crippen molar-refractivity contribution in [2.45, 2.75) is 72.0 Å².